The molecule has 0 saturated carbocycles. The predicted molar refractivity (Wildman–Crippen MR) is 138 cm³/mol. The summed E-state index contributed by atoms with van der Waals surface area (Å²) in [6, 6.07) is 21.0. The van der Waals surface area contributed by atoms with E-state index in [2.05, 4.69) is 5.32 Å². The number of hydrogen-bond acceptors (Lipinski definition) is 3. The van der Waals surface area contributed by atoms with Crippen LogP contribution < -0.4 is 5.32 Å². The van der Waals surface area contributed by atoms with Crippen LogP contribution in [0.4, 0.5) is 4.79 Å². The first-order chi connectivity index (χ1) is 16.9. The van der Waals surface area contributed by atoms with Gasteiger partial charge in [-0.3, -0.25) is 14.7 Å². The molecule has 0 bridgehead atoms. The van der Waals surface area contributed by atoms with E-state index in [1.807, 2.05) is 54.6 Å². The normalized spacial score (nSPS) is 20.0. The Balaban J connectivity index is 1.66. The zero-order chi connectivity index (χ0) is 24.5. The van der Waals surface area contributed by atoms with Crippen molar-refractivity contribution in [2.75, 3.05) is 13.2 Å². The minimum absolute atomic E-state index is 0.0790. The third kappa shape index (κ3) is 4.87. The van der Waals surface area contributed by atoms with Crippen LogP contribution in [0.3, 0.4) is 0 Å². The van der Waals surface area contributed by atoms with Crippen molar-refractivity contribution in [3.63, 3.8) is 0 Å². The molecule has 1 fully saturated rings. The van der Waals surface area contributed by atoms with Crippen LogP contribution in [0.15, 0.2) is 77.8 Å². The first-order valence-electron chi connectivity index (χ1n) is 11.1. The van der Waals surface area contributed by atoms with Crippen molar-refractivity contribution in [2.45, 2.75) is 18.5 Å². The fraction of sp³-hybridized carbons (Fsp3) is 0.192. The van der Waals surface area contributed by atoms with Gasteiger partial charge in [0.2, 0.25) is 5.91 Å². The van der Waals surface area contributed by atoms with Crippen molar-refractivity contribution in [3.05, 3.63) is 105 Å². The fourth-order valence-electron chi connectivity index (χ4n) is 4.43. The Morgan fingerprint density at radius 3 is 2.26 bits per heavy atom. The maximum atomic E-state index is 14.0. The second-order valence-electron chi connectivity index (χ2n) is 8.38. The number of aliphatic imine (C=N–C) groups is 1. The average Bonchev–Trinajstić information content (AvgIpc) is 3.25. The number of rotatable bonds is 3. The molecule has 5 rings (SSSR count). The van der Waals surface area contributed by atoms with Gasteiger partial charge in [0, 0.05) is 33.6 Å². The predicted octanol–water partition coefficient (Wildman–Crippen LogP) is 6.09. The Hall–Kier alpha value is -3.06. The van der Waals surface area contributed by atoms with Crippen LogP contribution >= 0.6 is 34.8 Å². The number of amidine groups is 1. The molecule has 3 aromatic carbocycles. The lowest BCUT2D eigenvalue weighted by Gasteiger charge is -2.35. The largest absolute Gasteiger partial charge is 0.338 e. The number of hydrogen-bond donors (Lipinski definition) is 1. The van der Waals surface area contributed by atoms with Crippen LogP contribution in [-0.4, -0.2) is 40.8 Å². The summed E-state index contributed by atoms with van der Waals surface area (Å²) in [4.78, 5) is 34.1. The van der Waals surface area contributed by atoms with Crippen molar-refractivity contribution in [2.24, 2.45) is 4.99 Å². The van der Waals surface area contributed by atoms with Crippen LogP contribution in [0, 0.1) is 0 Å². The van der Waals surface area contributed by atoms with Gasteiger partial charge in [-0.2, -0.15) is 0 Å². The molecule has 0 aromatic heterocycles. The molecule has 0 spiro atoms. The average molecular weight is 528 g/mol. The molecule has 0 radical (unpaired) electrons. The monoisotopic (exact) mass is 526 g/mol. The van der Waals surface area contributed by atoms with Gasteiger partial charge in [0.25, 0.3) is 0 Å². The first-order valence-corrected chi connectivity index (χ1v) is 12.2. The molecule has 6 nitrogen and oxygen atoms in total. The van der Waals surface area contributed by atoms with Crippen LogP contribution in [0.5, 0.6) is 0 Å². The third-order valence-corrected chi connectivity index (χ3v) is 6.83. The summed E-state index contributed by atoms with van der Waals surface area (Å²) in [6.07, 6.45) is 0.242. The van der Waals surface area contributed by atoms with Gasteiger partial charge in [0.15, 0.2) is 0 Å². The summed E-state index contributed by atoms with van der Waals surface area (Å²) in [6.45, 7) is 0.447. The van der Waals surface area contributed by atoms with Crippen molar-refractivity contribution < 1.29 is 9.59 Å². The van der Waals surface area contributed by atoms with E-state index in [1.165, 1.54) is 0 Å². The number of nitrogens with zero attached hydrogens (tertiary/aromatic N) is 3. The fourth-order valence-corrected chi connectivity index (χ4v) is 4.95. The highest BCUT2D eigenvalue weighted by atomic mass is 35.5. The maximum absolute atomic E-state index is 14.0. The molecule has 178 valence electrons. The summed E-state index contributed by atoms with van der Waals surface area (Å²) >= 11 is 18.8. The quantitative estimate of drug-likeness (QED) is 0.448. The van der Waals surface area contributed by atoms with E-state index in [0.717, 1.165) is 16.7 Å². The SMILES string of the molecule is O=C1CCN(C(=O)N2C(c3cccc(Cl)c3)=NC(c3ccc(Cl)cc3)C2c2cccc(Cl)c2)CN1. The molecule has 2 aliphatic heterocycles. The molecule has 3 amide bonds. The van der Waals surface area contributed by atoms with E-state index >= 15 is 0 Å². The van der Waals surface area contributed by atoms with Gasteiger partial charge in [-0.15, -0.1) is 0 Å². The molecule has 0 aliphatic carbocycles. The summed E-state index contributed by atoms with van der Waals surface area (Å²) in [5, 5.41) is 4.47. The highest BCUT2D eigenvalue weighted by Crippen LogP contribution is 2.44. The topological polar surface area (TPSA) is 65.0 Å². The molecule has 1 N–H and O–H groups in total. The molecule has 9 heteroatoms. The van der Waals surface area contributed by atoms with Gasteiger partial charge in [-0.05, 0) is 47.5 Å². The Labute approximate surface area is 218 Å². The molecule has 2 heterocycles. The molecule has 2 aliphatic rings. The number of urea groups is 1. The van der Waals surface area contributed by atoms with Crippen LogP contribution in [-0.2, 0) is 4.79 Å². The summed E-state index contributed by atoms with van der Waals surface area (Å²) in [7, 11) is 0. The summed E-state index contributed by atoms with van der Waals surface area (Å²) < 4.78 is 0. The number of halogens is 3. The second-order valence-corrected chi connectivity index (χ2v) is 9.69. The van der Waals surface area contributed by atoms with Crippen LogP contribution in [0.1, 0.15) is 35.2 Å². The van der Waals surface area contributed by atoms with Crippen molar-refractivity contribution in [3.8, 4) is 0 Å². The second kappa shape index (κ2) is 9.90. The standard InChI is InChI=1S/C26H21Cl3N4O2/c27-19-9-7-16(8-10-19)23-24(17-3-1-5-20(28)13-17)33(26(35)32-12-11-22(34)30-15-32)25(31-23)18-4-2-6-21(29)14-18/h1-10,13-14,23-24H,11-12,15H2,(H,30,34). The number of benzene rings is 3. The highest BCUT2D eigenvalue weighted by Gasteiger charge is 2.44. The van der Waals surface area contributed by atoms with Gasteiger partial charge in [-0.1, -0.05) is 71.2 Å². The minimum atomic E-state index is -0.478. The van der Waals surface area contributed by atoms with E-state index in [1.54, 1.807) is 28.0 Å². The molecular formula is C26H21Cl3N4O2. The first kappa shape index (κ1) is 23.7. The Bertz CT molecular complexity index is 1300. The lowest BCUT2D eigenvalue weighted by atomic mass is 9.93. The van der Waals surface area contributed by atoms with Gasteiger partial charge in [0.05, 0.1) is 12.7 Å². The van der Waals surface area contributed by atoms with Gasteiger partial charge in [-0.25, -0.2) is 4.79 Å². The van der Waals surface area contributed by atoms with E-state index in [9.17, 15) is 9.59 Å². The maximum Gasteiger partial charge on any atom is 0.327 e. The Morgan fingerprint density at radius 1 is 0.886 bits per heavy atom. The van der Waals surface area contributed by atoms with Crippen molar-refractivity contribution >= 4 is 52.6 Å². The minimum Gasteiger partial charge on any atom is -0.338 e. The zero-order valence-corrected chi connectivity index (χ0v) is 20.8. The molecule has 3 aromatic rings. The van der Waals surface area contributed by atoms with E-state index < -0.39 is 12.1 Å². The lowest BCUT2D eigenvalue weighted by molar-refractivity contribution is -0.123. The van der Waals surface area contributed by atoms with Gasteiger partial charge >= 0.3 is 6.03 Å². The Morgan fingerprint density at radius 2 is 1.60 bits per heavy atom. The van der Waals surface area contributed by atoms with Gasteiger partial charge < -0.3 is 10.2 Å². The molecular weight excluding hydrogens is 507 g/mol. The number of carbonyl (C=O) groups is 2. The summed E-state index contributed by atoms with van der Waals surface area (Å²) in [5.41, 5.74) is 2.46. The molecule has 35 heavy (non-hydrogen) atoms. The van der Waals surface area contributed by atoms with Crippen molar-refractivity contribution in [1.82, 2.24) is 15.1 Å². The van der Waals surface area contributed by atoms with Crippen LogP contribution in [0.25, 0.3) is 0 Å². The molecule has 1 saturated heterocycles. The number of nitrogens with one attached hydrogen (secondary N) is 1. The zero-order valence-electron chi connectivity index (χ0n) is 18.5. The lowest BCUT2D eigenvalue weighted by Crippen LogP contribution is -2.53. The number of carbonyl (C=O) groups excluding carboxylic acids is 2. The van der Waals surface area contributed by atoms with Gasteiger partial charge in [0.1, 0.15) is 11.9 Å². The summed E-state index contributed by atoms with van der Waals surface area (Å²) in [5.74, 6) is 0.420. The Kier molecular flexibility index (Phi) is 6.69. The van der Waals surface area contributed by atoms with Crippen LogP contribution in [0.2, 0.25) is 15.1 Å². The van der Waals surface area contributed by atoms with E-state index in [-0.39, 0.29) is 25.0 Å². The third-order valence-electron chi connectivity index (χ3n) is 6.10. The van der Waals surface area contributed by atoms with E-state index in [4.69, 9.17) is 39.8 Å². The molecule has 2 atom stereocenters. The van der Waals surface area contributed by atoms with E-state index in [0.29, 0.717) is 27.4 Å². The smallest absolute Gasteiger partial charge is 0.327 e. The highest BCUT2D eigenvalue weighted by molar-refractivity contribution is 6.31. The molecule has 2 unspecified atom stereocenters. The van der Waals surface area contributed by atoms with Crippen molar-refractivity contribution in [1.29, 1.82) is 0 Å². The number of amides is 3.